The predicted molar refractivity (Wildman–Crippen MR) is 77.0 cm³/mol. The normalized spacial score (nSPS) is 30.9. The molecule has 1 aliphatic heterocycles. The molecule has 3 rings (SSSR count). The Kier molecular flexibility index (Phi) is 3.96. The molecule has 0 aromatic heterocycles. The summed E-state index contributed by atoms with van der Waals surface area (Å²) in [7, 11) is 1.67. The highest BCUT2D eigenvalue weighted by atomic mass is 16.5. The number of rotatable bonds is 2. The van der Waals surface area contributed by atoms with Gasteiger partial charge in [0.15, 0.2) is 0 Å². The third-order valence-corrected chi connectivity index (χ3v) is 4.59. The molecule has 0 saturated carbocycles. The summed E-state index contributed by atoms with van der Waals surface area (Å²) < 4.78 is 10.8. The molecule has 110 valence electrons. The van der Waals surface area contributed by atoms with Crippen LogP contribution in [0.2, 0.25) is 0 Å². The molecule has 4 heteroatoms. The van der Waals surface area contributed by atoms with Gasteiger partial charge >= 0.3 is 0 Å². The minimum absolute atomic E-state index is 0.188. The van der Waals surface area contributed by atoms with Crippen molar-refractivity contribution < 1.29 is 14.6 Å². The van der Waals surface area contributed by atoms with Gasteiger partial charge in [-0.05, 0) is 43.0 Å². The van der Waals surface area contributed by atoms with Gasteiger partial charge in [0.25, 0.3) is 0 Å². The molecule has 3 atom stereocenters. The van der Waals surface area contributed by atoms with Gasteiger partial charge in [0.2, 0.25) is 0 Å². The average molecular weight is 277 g/mol. The summed E-state index contributed by atoms with van der Waals surface area (Å²) in [5.41, 5.74) is 2.27. The van der Waals surface area contributed by atoms with Gasteiger partial charge in [0, 0.05) is 18.6 Å². The van der Waals surface area contributed by atoms with E-state index < -0.39 is 6.10 Å². The number of hydrogen-bond donors (Lipinski definition) is 1. The van der Waals surface area contributed by atoms with Gasteiger partial charge in [-0.3, -0.25) is 4.90 Å². The molecule has 1 aromatic rings. The fraction of sp³-hybridized carbons (Fsp3) is 0.625. The molecule has 4 nitrogen and oxygen atoms in total. The lowest BCUT2D eigenvalue weighted by Crippen LogP contribution is -2.52. The van der Waals surface area contributed by atoms with E-state index in [0.717, 1.165) is 43.9 Å². The molecule has 0 amide bonds. The standard InChI is InChI=1S/C16H23NO3/c1-11-10-20-8-7-17(11)15-6-4-12-3-5-13(19-2)9-14(12)16(15)18/h3,5,9,11,15-16,18H,4,6-8,10H2,1-2H3. The van der Waals surface area contributed by atoms with Crippen LogP contribution in [-0.4, -0.2) is 49.0 Å². The summed E-state index contributed by atoms with van der Waals surface area (Å²) in [6.07, 6.45) is 1.59. The Bertz CT molecular complexity index is 477. The molecule has 3 unspecified atom stereocenters. The predicted octanol–water partition coefficient (Wildman–Crippen LogP) is 1.76. The molecule has 1 saturated heterocycles. The lowest BCUT2D eigenvalue weighted by Gasteiger charge is -2.43. The van der Waals surface area contributed by atoms with Crippen LogP contribution in [0.4, 0.5) is 0 Å². The van der Waals surface area contributed by atoms with Crippen LogP contribution in [0.25, 0.3) is 0 Å². The third-order valence-electron chi connectivity index (χ3n) is 4.59. The van der Waals surface area contributed by atoms with E-state index in [9.17, 15) is 5.11 Å². The quantitative estimate of drug-likeness (QED) is 0.894. The SMILES string of the molecule is COc1ccc2c(c1)C(O)C(N1CCOCC1C)CC2. The second-order valence-electron chi connectivity index (χ2n) is 5.78. The van der Waals surface area contributed by atoms with E-state index in [0.29, 0.717) is 6.04 Å². The highest BCUT2D eigenvalue weighted by molar-refractivity contribution is 5.39. The summed E-state index contributed by atoms with van der Waals surface area (Å²) in [6.45, 7) is 4.60. The Balaban J connectivity index is 1.85. The van der Waals surface area contributed by atoms with Crippen LogP contribution in [0.5, 0.6) is 5.75 Å². The number of methoxy groups -OCH3 is 1. The van der Waals surface area contributed by atoms with Crippen LogP contribution >= 0.6 is 0 Å². The summed E-state index contributed by atoms with van der Waals surface area (Å²) >= 11 is 0. The zero-order valence-corrected chi connectivity index (χ0v) is 12.2. The van der Waals surface area contributed by atoms with Gasteiger partial charge < -0.3 is 14.6 Å². The number of aryl methyl sites for hydroxylation is 1. The van der Waals surface area contributed by atoms with Crippen molar-refractivity contribution in [2.75, 3.05) is 26.9 Å². The first-order valence-corrected chi connectivity index (χ1v) is 7.39. The van der Waals surface area contributed by atoms with Crippen molar-refractivity contribution in [1.82, 2.24) is 4.90 Å². The van der Waals surface area contributed by atoms with E-state index in [1.54, 1.807) is 7.11 Å². The van der Waals surface area contributed by atoms with Gasteiger partial charge in [-0.1, -0.05) is 6.07 Å². The van der Waals surface area contributed by atoms with Crippen LogP contribution in [0.1, 0.15) is 30.6 Å². The zero-order valence-electron chi connectivity index (χ0n) is 12.2. The maximum Gasteiger partial charge on any atom is 0.119 e. The number of benzene rings is 1. The molecule has 1 aromatic carbocycles. The molecule has 0 spiro atoms. The molecule has 1 aliphatic carbocycles. The third kappa shape index (κ3) is 2.43. The number of nitrogens with zero attached hydrogens (tertiary/aromatic N) is 1. The van der Waals surface area contributed by atoms with Crippen LogP contribution in [-0.2, 0) is 11.2 Å². The smallest absolute Gasteiger partial charge is 0.119 e. The van der Waals surface area contributed by atoms with Gasteiger partial charge in [-0.2, -0.15) is 0 Å². The summed E-state index contributed by atoms with van der Waals surface area (Å²) in [6, 6.07) is 6.60. The Morgan fingerprint density at radius 1 is 1.40 bits per heavy atom. The molecule has 20 heavy (non-hydrogen) atoms. The Morgan fingerprint density at radius 2 is 2.25 bits per heavy atom. The maximum absolute atomic E-state index is 10.8. The van der Waals surface area contributed by atoms with Gasteiger partial charge in [-0.15, -0.1) is 0 Å². The Morgan fingerprint density at radius 3 is 3.00 bits per heavy atom. The van der Waals surface area contributed by atoms with Crippen molar-refractivity contribution in [3.8, 4) is 5.75 Å². The van der Waals surface area contributed by atoms with Crippen LogP contribution < -0.4 is 4.74 Å². The summed E-state index contributed by atoms with van der Waals surface area (Å²) in [5, 5.41) is 10.8. The van der Waals surface area contributed by atoms with Crippen LogP contribution in [0.15, 0.2) is 18.2 Å². The molecule has 1 fully saturated rings. The van der Waals surface area contributed by atoms with Crippen molar-refractivity contribution >= 4 is 0 Å². The average Bonchev–Trinajstić information content (AvgIpc) is 2.48. The van der Waals surface area contributed by atoms with E-state index in [2.05, 4.69) is 17.9 Å². The van der Waals surface area contributed by atoms with Gasteiger partial charge in [0.05, 0.1) is 26.4 Å². The van der Waals surface area contributed by atoms with Gasteiger partial charge in [0.1, 0.15) is 5.75 Å². The van der Waals surface area contributed by atoms with E-state index in [1.807, 2.05) is 12.1 Å². The van der Waals surface area contributed by atoms with Crippen molar-refractivity contribution in [3.05, 3.63) is 29.3 Å². The highest BCUT2D eigenvalue weighted by Gasteiger charge is 2.35. The molecular weight excluding hydrogens is 254 g/mol. The van der Waals surface area contributed by atoms with E-state index in [-0.39, 0.29) is 6.04 Å². The van der Waals surface area contributed by atoms with Crippen LogP contribution in [0, 0.1) is 0 Å². The molecular formula is C16H23NO3. The van der Waals surface area contributed by atoms with Crippen molar-refractivity contribution in [3.63, 3.8) is 0 Å². The lowest BCUT2D eigenvalue weighted by atomic mass is 9.84. The second kappa shape index (κ2) is 5.72. The zero-order chi connectivity index (χ0) is 14.1. The first-order valence-electron chi connectivity index (χ1n) is 7.39. The number of morpholine rings is 1. The second-order valence-corrected chi connectivity index (χ2v) is 5.78. The number of aliphatic hydroxyl groups is 1. The molecule has 0 bridgehead atoms. The Hall–Kier alpha value is -1.10. The first kappa shape index (κ1) is 13.9. The number of hydrogen-bond acceptors (Lipinski definition) is 4. The minimum Gasteiger partial charge on any atom is -0.497 e. The number of fused-ring (bicyclic) bond motifs is 1. The van der Waals surface area contributed by atoms with Crippen molar-refractivity contribution in [2.24, 2.45) is 0 Å². The summed E-state index contributed by atoms with van der Waals surface area (Å²) in [4.78, 5) is 2.40. The first-order chi connectivity index (χ1) is 9.70. The highest BCUT2D eigenvalue weighted by Crippen LogP contribution is 2.36. The molecule has 0 radical (unpaired) electrons. The van der Waals surface area contributed by atoms with Crippen LogP contribution in [0.3, 0.4) is 0 Å². The summed E-state index contributed by atoms with van der Waals surface area (Å²) in [5.74, 6) is 0.818. The van der Waals surface area contributed by atoms with Gasteiger partial charge in [-0.25, -0.2) is 0 Å². The van der Waals surface area contributed by atoms with Crippen molar-refractivity contribution in [1.29, 1.82) is 0 Å². The maximum atomic E-state index is 10.8. The van der Waals surface area contributed by atoms with Crippen molar-refractivity contribution in [2.45, 2.75) is 38.0 Å². The van der Waals surface area contributed by atoms with E-state index >= 15 is 0 Å². The lowest BCUT2D eigenvalue weighted by molar-refractivity contribution is -0.0593. The van der Waals surface area contributed by atoms with E-state index in [4.69, 9.17) is 9.47 Å². The number of aliphatic hydroxyl groups excluding tert-OH is 1. The van der Waals surface area contributed by atoms with E-state index in [1.165, 1.54) is 5.56 Å². The topological polar surface area (TPSA) is 41.9 Å². The molecule has 2 aliphatic rings. The number of ether oxygens (including phenoxy) is 2. The fourth-order valence-corrected chi connectivity index (χ4v) is 3.45. The molecule has 1 N–H and O–H groups in total. The minimum atomic E-state index is -0.436. The monoisotopic (exact) mass is 277 g/mol. The largest absolute Gasteiger partial charge is 0.497 e. The molecule has 1 heterocycles. The fourth-order valence-electron chi connectivity index (χ4n) is 3.45. The Labute approximate surface area is 120 Å².